The van der Waals surface area contributed by atoms with E-state index in [1.807, 2.05) is 0 Å². The third kappa shape index (κ3) is 3.46. The number of aliphatic carboxylic acids is 1. The summed E-state index contributed by atoms with van der Waals surface area (Å²) in [5, 5.41) is 9.37. The lowest BCUT2D eigenvalue weighted by Gasteiger charge is -2.25. The fourth-order valence-corrected chi connectivity index (χ4v) is 3.23. The molecule has 126 valence electrons. The van der Waals surface area contributed by atoms with Gasteiger partial charge in [0, 0.05) is 19.6 Å². The van der Waals surface area contributed by atoms with Crippen LogP contribution < -0.4 is 14.5 Å². The maximum atomic E-state index is 11.4. The van der Waals surface area contributed by atoms with Crippen LogP contribution in [0.4, 0.5) is 11.9 Å². The number of hydrogen-bond acceptors (Lipinski definition) is 7. The minimum atomic E-state index is -0.835. The lowest BCUT2D eigenvalue weighted by atomic mass is 10.2. The molecule has 2 aliphatic rings. The smallest absolute Gasteiger partial charge is 0.326 e. The largest absolute Gasteiger partial charge is 0.480 e. The van der Waals surface area contributed by atoms with Gasteiger partial charge in [-0.15, -0.1) is 0 Å². The Labute approximate surface area is 135 Å². The lowest BCUT2D eigenvalue weighted by molar-refractivity contribution is -0.138. The van der Waals surface area contributed by atoms with Crippen molar-refractivity contribution in [1.29, 1.82) is 0 Å². The van der Waals surface area contributed by atoms with Crippen molar-refractivity contribution in [3.8, 4) is 6.01 Å². The van der Waals surface area contributed by atoms with Crippen LogP contribution >= 0.6 is 0 Å². The molecule has 1 aromatic rings. The summed E-state index contributed by atoms with van der Waals surface area (Å²) in [6, 6.07) is -0.329. The van der Waals surface area contributed by atoms with Crippen molar-refractivity contribution < 1.29 is 14.6 Å². The summed E-state index contributed by atoms with van der Waals surface area (Å²) in [5.41, 5.74) is 0. The highest BCUT2D eigenvalue weighted by molar-refractivity contribution is 5.78. The number of aromatic nitrogens is 3. The molecule has 0 saturated carbocycles. The molecule has 0 aromatic carbocycles. The van der Waals surface area contributed by atoms with Crippen LogP contribution in [0.25, 0.3) is 0 Å². The molecule has 23 heavy (non-hydrogen) atoms. The molecule has 0 radical (unpaired) electrons. The van der Waals surface area contributed by atoms with Crippen LogP contribution in [0, 0.1) is 0 Å². The molecule has 0 unspecified atom stereocenters. The van der Waals surface area contributed by atoms with Crippen molar-refractivity contribution in [2.45, 2.75) is 44.6 Å². The summed E-state index contributed by atoms with van der Waals surface area (Å²) in [4.78, 5) is 28.5. The van der Waals surface area contributed by atoms with E-state index >= 15 is 0 Å². The van der Waals surface area contributed by atoms with Crippen molar-refractivity contribution in [2.24, 2.45) is 0 Å². The second-order valence-electron chi connectivity index (χ2n) is 6.01. The number of ether oxygens (including phenoxy) is 1. The standard InChI is InChI=1S/C15H23N5O3/c1-23-15-17-13(19-8-4-2-3-5-9-19)16-14(18-15)20-10-6-7-11(20)12(21)22/h11H,2-10H2,1H3,(H,21,22)/t11-/m0/s1. The van der Waals surface area contributed by atoms with E-state index in [-0.39, 0.29) is 6.01 Å². The van der Waals surface area contributed by atoms with Crippen LogP contribution in [0.15, 0.2) is 0 Å². The molecule has 0 bridgehead atoms. The molecule has 8 heteroatoms. The Morgan fingerprint density at radius 2 is 1.74 bits per heavy atom. The highest BCUT2D eigenvalue weighted by Crippen LogP contribution is 2.26. The average Bonchev–Trinajstić information content (AvgIpc) is 2.90. The van der Waals surface area contributed by atoms with Crippen molar-refractivity contribution in [3.63, 3.8) is 0 Å². The monoisotopic (exact) mass is 321 g/mol. The third-order valence-corrected chi connectivity index (χ3v) is 4.46. The van der Waals surface area contributed by atoms with Gasteiger partial charge in [0.05, 0.1) is 7.11 Å². The molecule has 0 spiro atoms. The molecule has 3 rings (SSSR count). The van der Waals surface area contributed by atoms with Gasteiger partial charge in [-0.2, -0.15) is 15.0 Å². The Bertz CT molecular complexity index is 560. The van der Waals surface area contributed by atoms with Gasteiger partial charge in [0.2, 0.25) is 11.9 Å². The molecule has 1 atom stereocenters. The van der Waals surface area contributed by atoms with Gasteiger partial charge < -0.3 is 19.6 Å². The van der Waals surface area contributed by atoms with Crippen LogP contribution in [0.5, 0.6) is 6.01 Å². The molecule has 2 fully saturated rings. The number of nitrogens with zero attached hydrogens (tertiary/aromatic N) is 5. The van der Waals surface area contributed by atoms with Crippen molar-refractivity contribution in [2.75, 3.05) is 36.5 Å². The minimum Gasteiger partial charge on any atom is -0.480 e. The van der Waals surface area contributed by atoms with Crippen LogP contribution in [0.1, 0.15) is 38.5 Å². The van der Waals surface area contributed by atoms with Gasteiger partial charge in [0.25, 0.3) is 0 Å². The van der Waals surface area contributed by atoms with E-state index in [1.54, 1.807) is 4.90 Å². The average molecular weight is 321 g/mol. The van der Waals surface area contributed by atoms with Gasteiger partial charge in [0.1, 0.15) is 6.04 Å². The van der Waals surface area contributed by atoms with E-state index in [2.05, 4.69) is 19.9 Å². The number of anilines is 2. The van der Waals surface area contributed by atoms with Gasteiger partial charge in [-0.25, -0.2) is 4.79 Å². The number of carboxylic acids is 1. The van der Waals surface area contributed by atoms with Crippen molar-refractivity contribution >= 4 is 17.9 Å². The topological polar surface area (TPSA) is 91.7 Å². The van der Waals surface area contributed by atoms with Gasteiger partial charge in [0.15, 0.2) is 0 Å². The van der Waals surface area contributed by atoms with Gasteiger partial charge in [-0.05, 0) is 25.7 Å². The lowest BCUT2D eigenvalue weighted by Crippen LogP contribution is -2.37. The Kier molecular flexibility index (Phi) is 4.78. The molecule has 3 heterocycles. The predicted molar refractivity (Wildman–Crippen MR) is 85.1 cm³/mol. The summed E-state index contributed by atoms with van der Waals surface area (Å²) in [7, 11) is 1.52. The molecule has 2 saturated heterocycles. The predicted octanol–water partition coefficient (Wildman–Crippen LogP) is 1.31. The summed E-state index contributed by atoms with van der Waals surface area (Å²) < 4.78 is 5.21. The number of rotatable bonds is 4. The normalized spacial score (nSPS) is 22.0. The Hall–Kier alpha value is -2.12. The zero-order valence-electron chi connectivity index (χ0n) is 13.4. The fourth-order valence-electron chi connectivity index (χ4n) is 3.23. The Morgan fingerprint density at radius 3 is 2.39 bits per heavy atom. The molecule has 1 aromatic heterocycles. The zero-order chi connectivity index (χ0) is 16.2. The molecule has 1 N–H and O–H groups in total. The maximum absolute atomic E-state index is 11.4. The van der Waals surface area contributed by atoms with E-state index < -0.39 is 12.0 Å². The van der Waals surface area contributed by atoms with Crippen molar-refractivity contribution in [3.05, 3.63) is 0 Å². The second kappa shape index (κ2) is 6.97. The zero-order valence-corrected chi connectivity index (χ0v) is 13.4. The summed E-state index contributed by atoms with van der Waals surface area (Å²) in [5.74, 6) is 0.156. The summed E-state index contributed by atoms with van der Waals surface area (Å²) in [6.07, 6.45) is 6.11. The Morgan fingerprint density at radius 1 is 1.04 bits per heavy atom. The molecule has 2 aliphatic heterocycles. The highest BCUT2D eigenvalue weighted by atomic mass is 16.5. The van der Waals surface area contributed by atoms with E-state index in [4.69, 9.17) is 4.74 Å². The molecular formula is C15H23N5O3. The summed E-state index contributed by atoms with van der Waals surface area (Å²) in [6.45, 7) is 2.47. The molecule has 0 amide bonds. The van der Waals surface area contributed by atoms with Gasteiger partial charge >= 0.3 is 12.0 Å². The first-order valence-electron chi connectivity index (χ1n) is 8.23. The van der Waals surface area contributed by atoms with Crippen molar-refractivity contribution in [1.82, 2.24) is 15.0 Å². The Balaban J connectivity index is 1.90. The van der Waals surface area contributed by atoms with Crippen LogP contribution in [0.3, 0.4) is 0 Å². The van der Waals surface area contributed by atoms with E-state index in [9.17, 15) is 9.90 Å². The maximum Gasteiger partial charge on any atom is 0.326 e. The van der Waals surface area contributed by atoms with E-state index in [0.29, 0.717) is 24.9 Å². The number of carboxylic acid groups (broad SMARTS) is 1. The van der Waals surface area contributed by atoms with Gasteiger partial charge in [-0.3, -0.25) is 0 Å². The third-order valence-electron chi connectivity index (χ3n) is 4.46. The molecule has 0 aliphatic carbocycles. The first kappa shape index (κ1) is 15.8. The quantitative estimate of drug-likeness (QED) is 0.887. The minimum absolute atomic E-state index is 0.241. The first-order valence-corrected chi connectivity index (χ1v) is 8.23. The number of hydrogen-bond donors (Lipinski definition) is 1. The van der Waals surface area contributed by atoms with E-state index in [0.717, 1.165) is 32.4 Å². The van der Waals surface area contributed by atoms with E-state index in [1.165, 1.54) is 20.0 Å². The second-order valence-corrected chi connectivity index (χ2v) is 6.01. The highest BCUT2D eigenvalue weighted by Gasteiger charge is 2.33. The van der Waals surface area contributed by atoms with Gasteiger partial charge in [-0.1, -0.05) is 12.8 Å². The fraction of sp³-hybridized carbons (Fsp3) is 0.733. The van der Waals surface area contributed by atoms with Crippen LogP contribution in [-0.2, 0) is 4.79 Å². The molecule has 8 nitrogen and oxygen atoms in total. The SMILES string of the molecule is COc1nc(N2CCCCCC2)nc(N2CCC[C@H]2C(=O)O)n1. The number of methoxy groups -OCH3 is 1. The summed E-state index contributed by atoms with van der Waals surface area (Å²) >= 11 is 0. The molecular weight excluding hydrogens is 298 g/mol. The van der Waals surface area contributed by atoms with Crippen LogP contribution in [0.2, 0.25) is 0 Å². The first-order chi connectivity index (χ1) is 11.2. The number of carbonyl (C=O) groups is 1. The van der Waals surface area contributed by atoms with Crippen LogP contribution in [-0.4, -0.2) is 58.8 Å².